The van der Waals surface area contributed by atoms with E-state index in [2.05, 4.69) is 26.1 Å². The van der Waals surface area contributed by atoms with Crippen molar-refractivity contribution in [2.45, 2.75) is 26.3 Å². The summed E-state index contributed by atoms with van der Waals surface area (Å²) in [6.45, 7) is 3.77. The van der Waals surface area contributed by atoms with Crippen LogP contribution in [0.5, 0.6) is 0 Å². The minimum absolute atomic E-state index is 0.161. The molecule has 0 fully saturated rings. The van der Waals surface area contributed by atoms with E-state index in [1.54, 1.807) is 24.3 Å². The molecule has 11 heteroatoms. The highest BCUT2D eigenvalue weighted by Gasteiger charge is 2.27. The van der Waals surface area contributed by atoms with Gasteiger partial charge in [0, 0.05) is 10.6 Å². The van der Waals surface area contributed by atoms with Crippen LogP contribution in [0, 0.1) is 11.7 Å². The highest BCUT2D eigenvalue weighted by Crippen LogP contribution is 2.27. The Balaban J connectivity index is 1.68. The second-order valence-corrected chi connectivity index (χ2v) is 8.82. The summed E-state index contributed by atoms with van der Waals surface area (Å²) in [7, 11) is 0. The van der Waals surface area contributed by atoms with E-state index in [1.807, 2.05) is 13.8 Å². The normalized spacial score (nSPS) is 12.7. The first kappa shape index (κ1) is 23.9. The van der Waals surface area contributed by atoms with Crippen molar-refractivity contribution in [1.29, 1.82) is 0 Å². The lowest BCUT2D eigenvalue weighted by molar-refractivity contribution is -0.119. The van der Waals surface area contributed by atoms with E-state index in [9.17, 15) is 14.0 Å². The summed E-state index contributed by atoms with van der Waals surface area (Å²) in [5.41, 5.74) is 1.05. The monoisotopic (exact) mass is 495 g/mol. The van der Waals surface area contributed by atoms with E-state index >= 15 is 0 Å². The van der Waals surface area contributed by atoms with Gasteiger partial charge < -0.3 is 10.6 Å². The van der Waals surface area contributed by atoms with E-state index in [0.29, 0.717) is 27.7 Å². The Labute approximate surface area is 198 Å². The standard InChI is InChI=1S/C21H20Cl2FN5O2S/c1-3-11(2)17(26-20(31)25-16-9-6-13(22)10-15(16)23)18(30)27-21-29-28-19(32-21)12-4-7-14(24)8-5-12/h4-11,17H,3H2,1-2H3,(H2,25,26,31)(H,27,29,30). The predicted octanol–water partition coefficient (Wildman–Crippen LogP) is 5.83. The number of benzene rings is 2. The van der Waals surface area contributed by atoms with Gasteiger partial charge in [-0.3, -0.25) is 10.1 Å². The van der Waals surface area contributed by atoms with Gasteiger partial charge in [0.1, 0.15) is 16.9 Å². The zero-order valence-electron chi connectivity index (χ0n) is 17.2. The molecule has 1 aromatic heterocycles. The molecule has 0 bridgehead atoms. The SMILES string of the molecule is CCC(C)C(NC(=O)Nc1ccc(Cl)cc1Cl)C(=O)Nc1nnc(-c2ccc(F)cc2)s1. The zero-order valence-corrected chi connectivity index (χ0v) is 19.5. The molecule has 3 N–H and O–H groups in total. The molecule has 0 aliphatic carbocycles. The third-order valence-electron chi connectivity index (χ3n) is 4.71. The average molecular weight is 496 g/mol. The first-order chi connectivity index (χ1) is 15.3. The minimum Gasteiger partial charge on any atom is -0.326 e. The van der Waals surface area contributed by atoms with Gasteiger partial charge >= 0.3 is 6.03 Å². The second kappa shape index (κ2) is 10.7. The molecule has 0 aliphatic heterocycles. The summed E-state index contributed by atoms with van der Waals surface area (Å²) in [5.74, 6) is -0.947. The van der Waals surface area contributed by atoms with Crippen LogP contribution in [0.3, 0.4) is 0 Å². The van der Waals surface area contributed by atoms with Gasteiger partial charge in [-0.15, -0.1) is 10.2 Å². The number of aromatic nitrogens is 2. The summed E-state index contributed by atoms with van der Waals surface area (Å²) in [4.78, 5) is 25.4. The number of carbonyl (C=O) groups excluding carboxylic acids is 2. The molecule has 0 radical (unpaired) electrons. The van der Waals surface area contributed by atoms with Crippen LogP contribution in [-0.4, -0.2) is 28.2 Å². The molecule has 2 aromatic carbocycles. The molecule has 0 saturated carbocycles. The summed E-state index contributed by atoms with van der Waals surface area (Å²) in [6, 6.07) is 9.06. The second-order valence-electron chi connectivity index (χ2n) is 6.99. The van der Waals surface area contributed by atoms with Crippen molar-refractivity contribution in [3.05, 3.63) is 58.3 Å². The van der Waals surface area contributed by atoms with Crippen LogP contribution in [0.2, 0.25) is 10.0 Å². The summed E-state index contributed by atoms with van der Waals surface area (Å²) >= 11 is 13.1. The van der Waals surface area contributed by atoms with Gasteiger partial charge in [-0.1, -0.05) is 54.8 Å². The fourth-order valence-electron chi connectivity index (χ4n) is 2.76. The maximum Gasteiger partial charge on any atom is 0.319 e. The number of hydrogen-bond donors (Lipinski definition) is 3. The van der Waals surface area contributed by atoms with Crippen molar-refractivity contribution in [1.82, 2.24) is 15.5 Å². The predicted molar refractivity (Wildman–Crippen MR) is 126 cm³/mol. The summed E-state index contributed by atoms with van der Waals surface area (Å²) in [5, 5.41) is 17.5. The number of carbonyl (C=O) groups is 2. The van der Waals surface area contributed by atoms with Crippen LogP contribution >= 0.6 is 34.5 Å². The average Bonchev–Trinajstić information content (AvgIpc) is 3.22. The maximum atomic E-state index is 13.1. The van der Waals surface area contributed by atoms with Crippen LogP contribution in [0.1, 0.15) is 20.3 Å². The molecule has 0 spiro atoms. The minimum atomic E-state index is -0.829. The molecule has 168 valence electrons. The van der Waals surface area contributed by atoms with Crippen molar-refractivity contribution in [2.24, 2.45) is 5.92 Å². The molecule has 2 atom stereocenters. The molecule has 3 aromatic rings. The molecular formula is C21H20Cl2FN5O2S. The Bertz CT molecular complexity index is 1110. The fourth-order valence-corrected chi connectivity index (χ4v) is 3.97. The third kappa shape index (κ3) is 6.15. The molecule has 2 unspecified atom stereocenters. The van der Waals surface area contributed by atoms with Crippen LogP contribution in [-0.2, 0) is 4.79 Å². The fraction of sp³-hybridized carbons (Fsp3) is 0.238. The number of nitrogens with one attached hydrogen (secondary N) is 3. The first-order valence-corrected chi connectivity index (χ1v) is 11.3. The topological polar surface area (TPSA) is 96.0 Å². The Kier molecular flexibility index (Phi) is 8.00. The number of halogens is 3. The molecule has 3 amide bonds. The van der Waals surface area contributed by atoms with Crippen LogP contribution in [0.15, 0.2) is 42.5 Å². The lowest BCUT2D eigenvalue weighted by Crippen LogP contribution is -2.49. The van der Waals surface area contributed by atoms with Crippen molar-refractivity contribution in [3.63, 3.8) is 0 Å². The number of hydrogen-bond acceptors (Lipinski definition) is 5. The third-order valence-corrected chi connectivity index (χ3v) is 6.14. The van der Waals surface area contributed by atoms with Gasteiger partial charge in [0.15, 0.2) is 0 Å². The van der Waals surface area contributed by atoms with E-state index < -0.39 is 18.0 Å². The quantitative estimate of drug-likeness (QED) is 0.384. The Morgan fingerprint density at radius 2 is 1.81 bits per heavy atom. The number of rotatable bonds is 7. The number of urea groups is 1. The molecule has 32 heavy (non-hydrogen) atoms. The summed E-state index contributed by atoms with van der Waals surface area (Å²) < 4.78 is 13.1. The lowest BCUT2D eigenvalue weighted by Gasteiger charge is -2.23. The molecular weight excluding hydrogens is 476 g/mol. The Hall–Kier alpha value is -2.75. The molecule has 0 aliphatic rings. The van der Waals surface area contributed by atoms with Crippen LogP contribution < -0.4 is 16.0 Å². The highest BCUT2D eigenvalue weighted by atomic mass is 35.5. The number of anilines is 2. The molecule has 1 heterocycles. The van der Waals surface area contributed by atoms with Gasteiger partial charge in [0.25, 0.3) is 0 Å². The van der Waals surface area contributed by atoms with E-state index in [4.69, 9.17) is 23.2 Å². The van der Waals surface area contributed by atoms with Gasteiger partial charge in [-0.25, -0.2) is 9.18 Å². The van der Waals surface area contributed by atoms with Crippen molar-refractivity contribution in [2.75, 3.05) is 10.6 Å². The Morgan fingerprint density at radius 1 is 1.09 bits per heavy atom. The molecule has 7 nitrogen and oxygen atoms in total. The lowest BCUT2D eigenvalue weighted by atomic mass is 9.98. The largest absolute Gasteiger partial charge is 0.326 e. The van der Waals surface area contributed by atoms with Crippen LogP contribution in [0.25, 0.3) is 10.6 Å². The summed E-state index contributed by atoms with van der Waals surface area (Å²) in [6.07, 6.45) is 0.650. The molecule has 3 rings (SSSR count). The first-order valence-electron chi connectivity index (χ1n) is 9.69. The van der Waals surface area contributed by atoms with Crippen molar-refractivity contribution >= 4 is 57.3 Å². The van der Waals surface area contributed by atoms with Gasteiger partial charge in [0.05, 0.1) is 10.7 Å². The van der Waals surface area contributed by atoms with Gasteiger partial charge in [0.2, 0.25) is 11.0 Å². The Morgan fingerprint density at radius 3 is 2.47 bits per heavy atom. The number of nitrogens with zero attached hydrogens (tertiary/aromatic N) is 2. The number of amides is 3. The van der Waals surface area contributed by atoms with Crippen LogP contribution in [0.4, 0.5) is 20.0 Å². The van der Waals surface area contributed by atoms with Crippen molar-refractivity contribution < 1.29 is 14.0 Å². The maximum absolute atomic E-state index is 13.1. The molecule has 0 saturated heterocycles. The van der Waals surface area contributed by atoms with E-state index in [1.165, 1.54) is 18.2 Å². The van der Waals surface area contributed by atoms with Crippen molar-refractivity contribution in [3.8, 4) is 10.6 Å². The van der Waals surface area contributed by atoms with Gasteiger partial charge in [-0.05, 0) is 48.4 Å². The van der Waals surface area contributed by atoms with Gasteiger partial charge in [-0.2, -0.15) is 0 Å². The highest BCUT2D eigenvalue weighted by molar-refractivity contribution is 7.18. The van der Waals surface area contributed by atoms with E-state index in [-0.39, 0.29) is 21.9 Å². The van der Waals surface area contributed by atoms with E-state index in [0.717, 1.165) is 11.3 Å². The zero-order chi connectivity index (χ0) is 23.3. The smallest absolute Gasteiger partial charge is 0.319 e.